The Labute approximate surface area is 287 Å². The van der Waals surface area contributed by atoms with Crippen LogP contribution in [0.2, 0.25) is 0 Å². The summed E-state index contributed by atoms with van der Waals surface area (Å²) in [6.45, 7) is 23.4. The molecule has 0 radical (unpaired) electrons. The van der Waals surface area contributed by atoms with Crippen molar-refractivity contribution in [1.82, 2.24) is 0 Å². The molecule has 0 heteroatoms. The van der Waals surface area contributed by atoms with Crippen molar-refractivity contribution in [2.24, 2.45) is 17.3 Å². The first-order valence-electron chi connectivity index (χ1n) is 18.6. The van der Waals surface area contributed by atoms with Crippen LogP contribution in [0.25, 0.3) is 0 Å². The van der Waals surface area contributed by atoms with E-state index < -0.39 is 0 Å². The lowest BCUT2D eigenvalue weighted by Gasteiger charge is -2.52. The second-order valence-electron chi connectivity index (χ2n) is 16.7. The Morgan fingerprint density at radius 3 is 0.830 bits per heavy atom. The van der Waals surface area contributed by atoms with Crippen molar-refractivity contribution in [2.75, 3.05) is 0 Å². The number of hydrogen-bond donors (Lipinski definition) is 0. The molecule has 0 N–H and O–H groups in total. The third kappa shape index (κ3) is 6.04. The first kappa shape index (κ1) is 33.8. The summed E-state index contributed by atoms with van der Waals surface area (Å²) in [6.07, 6.45) is 10.2. The highest BCUT2D eigenvalue weighted by Gasteiger charge is 2.48. The van der Waals surface area contributed by atoms with Crippen LogP contribution in [0.4, 0.5) is 0 Å². The van der Waals surface area contributed by atoms with Gasteiger partial charge in [0.1, 0.15) is 0 Å². The van der Waals surface area contributed by atoms with Crippen molar-refractivity contribution in [3.63, 3.8) is 0 Å². The fraction of sp³-hybridized carbons (Fsp3) is 0.489. The third-order valence-corrected chi connectivity index (χ3v) is 14.0. The average Bonchev–Trinajstić information content (AvgIpc) is 3.06. The van der Waals surface area contributed by atoms with Gasteiger partial charge in [0.05, 0.1) is 0 Å². The second kappa shape index (κ2) is 12.7. The van der Waals surface area contributed by atoms with Crippen molar-refractivity contribution in [1.29, 1.82) is 0 Å². The molecule has 0 aromatic heterocycles. The van der Waals surface area contributed by atoms with Crippen molar-refractivity contribution >= 4 is 0 Å². The molecule has 2 aliphatic rings. The van der Waals surface area contributed by atoms with Gasteiger partial charge >= 0.3 is 0 Å². The molecule has 0 spiro atoms. The Morgan fingerprint density at radius 1 is 0.383 bits per heavy atom. The maximum Gasteiger partial charge on any atom is 0.0203 e. The van der Waals surface area contributed by atoms with E-state index in [4.69, 9.17) is 0 Å². The maximum atomic E-state index is 2.64. The van der Waals surface area contributed by atoms with Gasteiger partial charge in [0.15, 0.2) is 0 Å². The Kier molecular flexibility index (Phi) is 9.14. The number of aryl methyl sites for hydroxylation is 8. The zero-order chi connectivity index (χ0) is 33.7. The van der Waals surface area contributed by atoms with E-state index in [0.29, 0.717) is 5.41 Å². The standard InChI is InChI=1S/C47H60/c1-31-11-15-41(27-35(31)5)46(42-16-12-32(2)36(6)28-42)23-19-39(20-24-46)45(9,10)40-21-25-47(26-22-40,43-17-13-33(3)37(7)29-43)44-18-14-34(4)38(8)30-44/h11-18,27-30,39-40H,19-26H2,1-10H3. The molecule has 0 heterocycles. The molecule has 47 heavy (non-hydrogen) atoms. The molecule has 2 fully saturated rings. The van der Waals surface area contributed by atoms with Crippen molar-refractivity contribution < 1.29 is 0 Å². The normalized spacial score (nSPS) is 18.8. The molecule has 4 aromatic carbocycles. The molecule has 2 aliphatic carbocycles. The topological polar surface area (TPSA) is 0 Å². The molecule has 0 atom stereocenters. The van der Waals surface area contributed by atoms with E-state index in [1.165, 1.54) is 118 Å². The average molecular weight is 625 g/mol. The van der Waals surface area contributed by atoms with E-state index in [0.717, 1.165) is 11.8 Å². The van der Waals surface area contributed by atoms with Crippen LogP contribution in [0, 0.1) is 72.6 Å². The molecular formula is C47H60. The molecule has 6 rings (SSSR count). The minimum absolute atomic E-state index is 0.109. The van der Waals surface area contributed by atoms with Crippen LogP contribution >= 0.6 is 0 Å². The van der Waals surface area contributed by atoms with Crippen molar-refractivity contribution in [3.8, 4) is 0 Å². The Balaban J connectivity index is 1.26. The molecule has 0 amide bonds. The van der Waals surface area contributed by atoms with E-state index in [2.05, 4.69) is 142 Å². The van der Waals surface area contributed by atoms with Gasteiger partial charge in [0, 0.05) is 10.8 Å². The van der Waals surface area contributed by atoms with E-state index in [1.54, 1.807) is 0 Å². The number of benzene rings is 4. The van der Waals surface area contributed by atoms with Crippen molar-refractivity contribution in [3.05, 3.63) is 140 Å². The van der Waals surface area contributed by atoms with Crippen LogP contribution in [0.15, 0.2) is 72.8 Å². The third-order valence-electron chi connectivity index (χ3n) is 14.0. The minimum Gasteiger partial charge on any atom is -0.0594 e. The summed E-state index contributed by atoms with van der Waals surface area (Å²) in [5.41, 5.74) is 18.0. The summed E-state index contributed by atoms with van der Waals surface area (Å²) < 4.78 is 0. The van der Waals surface area contributed by atoms with Crippen LogP contribution in [-0.2, 0) is 10.8 Å². The quantitative estimate of drug-likeness (QED) is 0.200. The molecule has 0 bridgehead atoms. The van der Waals surface area contributed by atoms with Gasteiger partial charge in [0.2, 0.25) is 0 Å². The Bertz CT molecular complexity index is 1510. The summed E-state index contributed by atoms with van der Waals surface area (Å²) in [5, 5.41) is 0. The molecule has 0 aliphatic heterocycles. The summed E-state index contributed by atoms with van der Waals surface area (Å²) in [5.74, 6) is 1.52. The van der Waals surface area contributed by atoms with E-state index in [1.807, 2.05) is 0 Å². The fourth-order valence-electron chi connectivity index (χ4n) is 9.69. The smallest absolute Gasteiger partial charge is 0.0203 e. The molecule has 2 saturated carbocycles. The van der Waals surface area contributed by atoms with Gasteiger partial charge in [-0.15, -0.1) is 0 Å². The lowest BCUT2D eigenvalue weighted by atomic mass is 9.53. The SMILES string of the molecule is Cc1ccc(C2(c3ccc(C)c(C)c3)CCC(C(C)(C)C3CCC(c4ccc(C)c(C)c4)(c4ccc(C)c(C)c4)CC3)CC2)cc1C. The van der Waals surface area contributed by atoms with Crippen LogP contribution in [-0.4, -0.2) is 0 Å². The highest BCUT2D eigenvalue weighted by molar-refractivity contribution is 5.47. The molecule has 0 saturated heterocycles. The van der Waals surface area contributed by atoms with E-state index in [-0.39, 0.29) is 10.8 Å². The molecule has 248 valence electrons. The molecular weight excluding hydrogens is 565 g/mol. The van der Waals surface area contributed by atoms with Crippen LogP contribution in [0.5, 0.6) is 0 Å². The molecule has 0 nitrogen and oxygen atoms in total. The highest BCUT2D eigenvalue weighted by Crippen LogP contribution is 2.57. The highest BCUT2D eigenvalue weighted by atomic mass is 14.5. The van der Waals surface area contributed by atoms with Crippen molar-refractivity contribution in [2.45, 2.75) is 131 Å². The summed E-state index contributed by atoms with van der Waals surface area (Å²) in [7, 11) is 0. The van der Waals surface area contributed by atoms with Gasteiger partial charge in [0.25, 0.3) is 0 Å². The monoisotopic (exact) mass is 624 g/mol. The van der Waals surface area contributed by atoms with Gasteiger partial charge in [-0.25, -0.2) is 0 Å². The summed E-state index contributed by atoms with van der Waals surface area (Å²) >= 11 is 0. The number of rotatable bonds is 6. The van der Waals surface area contributed by atoms with Gasteiger partial charge < -0.3 is 0 Å². The van der Waals surface area contributed by atoms with Gasteiger partial charge in [-0.3, -0.25) is 0 Å². The predicted octanol–water partition coefficient (Wildman–Crippen LogP) is 12.8. The maximum absolute atomic E-state index is 2.64. The fourth-order valence-corrected chi connectivity index (χ4v) is 9.69. The zero-order valence-electron chi connectivity index (χ0n) is 31.2. The van der Waals surface area contributed by atoms with Crippen LogP contribution in [0.3, 0.4) is 0 Å². The first-order valence-corrected chi connectivity index (χ1v) is 18.6. The first-order chi connectivity index (χ1) is 22.3. The molecule has 4 aromatic rings. The zero-order valence-corrected chi connectivity index (χ0v) is 31.2. The van der Waals surface area contributed by atoms with Gasteiger partial charge in [-0.2, -0.15) is 0 Å². The lowest BCUT2D eigenvalue weighted by Crippen LogP contribution is -2.43. The van der Waals surface area contributed by atoms with Gasteiger partial charge in [-0.1, -0.05) is 86.6 Å². The minimum atomic E-state index is 0.109. The number of hydrogen-bond acceptors (Lipinski definition) is 0. The van der Waals surface area contributed by atoms with E-state index >= 15 is 0 Å². The predicted molar refractivity (Wildman–Crippen MR) is 203 cm³/mol. The van der Waals surface area contributed by atoms with E-state index in [9.17, 15) is 0 Å². The van der Waals surface area contributed by atoms with Crippen LogP contribution in [0.1, 0.15) is 132 Å². The van der Waals surface area contributed by atoms with Gasteiger partial charge in [-0.05, 0) is 191 Å². The largest absolute Gasteiger partial charge is 0.0594 e. The Hall–Kier alpha value is -3.12. The Morgan fingerprint density at radius 2 is 0.617 bits per heavy atom. The second-order valence-corrected chi connectivity index (χ2v) is 16.7. The summed E-state index contributed by atoms with van der Waals surface area (Å²) in [6, 6.07) is 29.3. The summed E-state index contributed by atoms with van der Waals surface area (Å²) in [4.78, 5) is 0. The molecule has 0 unspecified atom stereocenters. The van der Waals surface area contributed by atoms with Crippen LogP contribution < -0.4 is 0 Å². The lowest BCUT2D eigenvalue weighted by molar-refractivity contribution is 0.0364.